The molecule has 0 fully saturated rings. The average molecular weight is 331 g/mol. The molecule has 0 aliphatic carbocycles. The lowest BCUT2D eigenvalue weighted by molar-refractivity contribution is -0.385. The predicted molar refractivity (Wildman–Crippen MR) is 78.0 cm³/mol. The number of hydrogen-bond donors (Lipinski definition) is 2. The minimum absolute atomic E-state index is 0.0842. The maximum Gasteiger partial charge on any atom is 0.273 e. The Labute approximate surface area is 121 Å². The zero-order chi connectivity index (χ0) is 14.6. The fourth-order valence-corrected chi connectivity index (χ4v) is 1.93. The van der Waals surface area contributed by atoms with Crippen LogP contribution in [-0.2, 0) is 6.54 Å². The van der Waals surface area contributed by atoms with Crippen LogP contribution in [0.3, 0.4) is 0 Å². The monoisotopic (exact) mass is 330 g/mol. The summed E-state index contributed by atoms with van der Waals surface area (Å²) in [6.45, 7) is 6.58. The van der Waals surface area contributed by atoms with E-state index in [-0.39, 0.29) is 11.1 Å². The van der Waals surface area contributed by atoms with Crippen molar-refractivity contribution in [3.05, 3.63) is 38.3 Å². The lowest BCUT2D eigenvalue weighted by Crippen LogP contribution is -2.36. The SMILES string of the molecule is CC(C)(C)C(O)CNCc1cc(Br)ccc1[N+](=O)[O-]. The van der Waals surface area contributed by atoms with Gasteiger partial charge in [0.25, 0.3) is 5.69 Å². The number of nitrogens with zero attached hydrogens (tertiary/aromatic N) is 1. The molecule has 0 aliphatic heterocycles. The fraction of sp³-hybridized carbons (Fsp3) is 0.538. The van der Waals surface area contributed by atoms with E-state index in [9.17, 15) is 15.2 Å². The van der Waals surface area contributed by atoms with E-state index < -0.39 is 11.0 Å². The highest BCUT2D eigenvalue weighted by Crippen LogP contribution is 2.23. The van der Waals surface area contributed by atoms with Gasteiger partial charge in [0, 0.05) is 29.2 Å². The molecule has 0 radical (unpaired) electrons. The molecule has 1 unspecified atom stereocenters. The topological polar surface area (TPSA) is 75.4 Å². The summed E-state index contributed by atoms with van der Waals surface area (Å²) in [5.74, 6) is 0. The average Bonchev–Trinajstić information content (AvgIpc) is 2.27. The van der Waals surface area contributed by atoms with Gasteiger partial charge in [-0.15, -0.1) is 0 Å². The smallest absolute Gasteiger partial charge is 0.273 e. The Hall–Kier alpha value is -0.980. The number of rotatable bonds is 5. The van der Waals surface area contributed by atoms with E-state index in [1.165, 1.54) is 6.07 Å². The van der Waals surface area contributed by atoms with Gasteiger partial charge in [0.2, 0.25) is 0 Å². The molecule has 0 amide bonds. The first-order chi connectivity index (χ1) is 8.71. The molecule has 1 aromatic carbocycles. The van der Waals surface area contributed by atoms with Gasteiger partial charge in [0.1, 0.15) is 0 Å². The quantitative estimate of drug-likeness (QED) is 0.643. The fourth-order valence-electron chi connectivity index (χ4n) is 1.52. The van der Waals surface area contributed by atoms with E-state index in [0.717, 1.165) is 4.47 Å². The molecule has 2 N–H and O–H groups in total. The van der Waals surface area contributed by atoms with Crippen molar-refractivity contribution in [1.29, 1.82) is 0 Å². The molecular weight excluding hydrogens is 312 g/mol. The van der Waals surface area contributed by atoms with Gasteiger partial charge in [-0.3, -0.25) is 10.1 Å². The molecule has 19 heavy (non-hydrogen) atoms. The maximum atomic E-state index is 10.9. The van der Waals surface area contributed by atoms with Gasteiger partial charge in [-0.2, -0.15) is 0 Å². The van der Waals surface area contributed by atoms with Crippen molar-refractivity contribution in [3.8, 4) is 0 Å². The summed E-state index contributed by atoms with van der Waals surface area (Å²) < 4.78 is 0.797. The summed E-state index contributed by atoms with van der Waals surface area (Å²) in [4.78, 5) is 10.5. The molecule has 5 nitrogen and oxygen atoms in total. The second kappa shape index (κ2) is 6.45. The molecule has 1 rings (SSSR count). The Kier molecular flexibility index (Phi) is 5.46. The van der Waals surface area contributed by atoms with E-state index >= 15 is 0 Å². The van der Waals surface area contributed by atoms with E-state index in [1.807, 2.05) is 20.8 Å². The molecule has 1 atom stereocenters. The molecule has 1 aromatic rings. The number of aliphatic hydroxyl groups excluding tert-OH is 1. The molecule has 0 heterocycles. The predicted octanol–water partition coefficient (Wildman–Crippen LogP) is 2.85. The molecule has 6 heteroatoms. The van der Waals surface area contributed by atoms with Gasteiger partial charge in [-0.05, 0) is 17.5 Å². The molecule has 0 saturated heterocycles. The zero-order valence-corrected chi connectivity index (χ0v) is 12.9. The number of nitro benzene ring substituents is 1. The highest BCUT2D eigenvalue weighted by Gasteiger charge is 2.22. The van der Waals surface area contributed by atoms with Crippen LogP contribution in [0.25, 0.3) is 0 Å². The number of halogens is 1. The van der Waals surface area contributed by atoms with Crippen molar-refractivity contribution in [2.24, 2.45) is 5.41 Å². The lowest BCUT2D eigenvalue weighted by atomic mass is 9.89. The summed E-state index contributed by atoms with van der Waals surface area (Å²) in [6.07, 6.45) is -0.501. The van der Waals surface area contributed by atoms with E-state index in [1.54, 1.807) is 12.1 Å². The van der Waals surface area contributed by atoms with Crippen LogP contribution in [0.1, 0.15) is 26.3 Å². The van der Waals surface area contributed by atoms with E-state index in [2.05, 4.69) is 21.2 Å². The van der Waals surface area contributed by atoms with Crippen LogP contribution in [0.4, 0.5) is 5.69 Å². The van der Waals surface area contributed by atoms with Crippen molar-refractivity contribution in [1.82, 2.24) is 5.32 Å². The largest absolute Gasteiger partial charge is 0.391 e. The minimum atomic E-state index is -0.501. The van der Waals surface area contributed by atoms with Crippen LogP contribution in [0.15, 0.2) is 22.7 Å². The molecule has 0 bridgehead atoms. The van der Waals surface area contributed by atoms with Crippen LogP contribution >= 0.6 is 15.9 Å². The summed E-state index contributed by atoms with van der Waals surface area (Å²) in [7, 11) is 0. The molecule has 0 saturated carbocycles. The first-order valence-corrected chi connectivity index (χ1v) is 6.82. The van der Waals surface area contributed by atoms with Gasteiger partial charge < -0.3 is 10.4 Å². The molecule has 0 aliphatic rings. The lowest BCUT2D eigenvalue weighted by Gasteiger charge is -2.26. The molecule has 0 spiro atoms. The first kappa shape index (κ1) is 16.1. The van der Waals surface area contributed by atoms with Crippen LogP contribution in [-0.4, -0.2) is 22.7 Å². The standard InChI is InChI=1S/C13H19BrN2O3/c1-13(2,3)12(17)8-15-7-9-6-10(14)4-5-11(9)16(18)19/h4-6,12,15,17H,7-8H2,1-3H3. The number of benzene rings is 1. The van der Waals surface area contributed by atoms with Crippen LogP contribution in [0, 0.1) is 15.5 Å². The van der Waals surface area contributed by atoms with Gasteiger partial charge in [-0.25, -0.2) is 0 Å². The van der Waals surface area contributed by atoms with Crippen molar-refractivity contribution < 1.29 is 10.0 Å². The van der Waals surface area contributed by atoms with Crippen molar-refractivity contribution >= 4 is 21.6 Å². The Morgan fingerprint density at radius 2 is 2.11 bits per heavy atom. The second-order valence-electron chi connectivity index (χ2n) is 5.54. The van der Waals surface area contributed by atoms with Gasteiger partial charge in [0.05, 0.1) is 11.0 Å². The first-order valence-electron chi connectivity index (χ1n) is 6.03. The van der Waals surface area contributed by atoms with Crippen molar-refractivity contribution in [2.75, 3.05) is 6.54 Å². The number of nitrogens with one attached hydrogen (secondary N) is 1. The minimum Gasteiger partial charge on any atom is -0.391 e. The summed E-state index contributed by atoms with van der Waals surface area (Å²) in [5, 5.41) is 23.8. The third-order valence-corrected chi connectivity index (χ3v) is 3.38. The molecule has 0 aromatic heterocycles. The molecule has 106 valence electrons. The zero-order valence-electron chi connectivity index (χ0n) is 11.3. The van der Waals surface area contributed by atoms with Crippen LogP contribution in [0.5, 0.6) is 0 Å². The third kappa shape index (κ3) is 4.89. The van der Waals surface area contributed by atoms with E-state index in [4.69, 9.17) is 0 Å². The van der Waals surface area contributed by atoms with Crippen LogP contribution in [0.2, 0.25) is 0 Å². The Morgan fingerprint density at radius 3 is 2.63 bits per heavy atom. The van der Waals surface area contributed by atoms with Gasteiger partial charge in [0.15, 0.2) is 0 Å². The van der Waals surface area contributed by atoms with Crippen LogP contribution < -0.4 is 5.32 Å². The Balaban J connectivity index is 2.68. The number of nitro groups is 1. The summed E-state index contributed by atoms with van der Waals surface area (Å²) in [6, 6.07) is 4.83. The second-order valence-corrected chi connectivity index (χ2v) is 6.46. The third-order valence-electron chi connectivity index (χ3n) is 2.89. The summed E-state index contributed by atoms with van der Waals surface area (Å²) >= 11 is 3.30. The van der Waals surface area contributed by atoms with Gasteiger partial charge in [-0.1, -0.05) is 36.7 Å². The van der Waals surface area contributed by atoms with E-state index in [0.29, 0.717) is 18.7 Å². The summed E-state index contributed by atoms with van der Waals surface area (Å²) in [5.41, 5.74) is 0.470. The molecular formula is C13H19BrN2O3. The Bertz CT molecular complexity index is 458. The highest BCUT2D eigenvalue weighted by atomic mass is 79.9. The normalized spacial score (nSPS) is 13.3. The Morgan fingerprint density at radius 1 is 1.47 bits per heavy atom. The maximum absolute atomic E-state index is 10.9. The van der Waals surface area contributed by atoms with Crippen molar-refractivity contribution in [3.63, 3.8) is 0 Å². The number of aliphatic hydroxyl groups is 1. The van der Waals surface area contributed by atoms with Crippen molar-refractivity contribution in [2.45, 2.75) is 33.4 Å². The highest BCUT2D eigenvalue weighted by molar-refractivity contribution is 9.10. The number of hydrogen-bond acceptors (Lipinski definition) is 4. The van der Waals surface area contributed by atoms with Gasteiger partial charge >= 0.3 is 0 Å².